The summed E-state index contributed by atoms with van der Waals surface area (Å²) in [6.07, 6.45) is -0.0250. The summed E-state index contributed by atoms with van der Waals surface area (Å²) in [5, 5.41) is 5.87. The van der Waals surface area contributed by atoms with E-state index < -0.39 is 6.04 Å². The number of rotatable bonds is 9. The Hall–Kier alpha value is -2.68. The fourth-order valence-corrected chi connectivity index (χ4v) is 3.41. The first-order chi connectivity index (χ1) is 13.4. The minimum absolute atomic E-state index is 0.0250. The highest BCUT2D eigenvalue weighted by molar-refractivity contribution is 7.80. The van der Waals surface area contributed by atoms with Crippen molar-refractivity contribution in [2.24, 2.45) is 0 Å². The van der Waals surface area contributed by atoms with Gasteiger partial charge in [-0.25, -0.2) is 0 Å². The highest BCUT2D eigenvalue weighted by Gasteiger charge is 2.42. The number of benzene rings is 1. The number of carbonyl (C=O) groups excluding carboxylic acids is 3. The zero-order valence-electron chi connectivity index (χ0n) is 16.4. The van der Waals surface area contributed by atoms with E-state index in [0.29, 0.717) is 37.0 Å². The van der Waals surface area contributed by atoms with Crippen molar-refractivity contribution < 1.29 is 19.1 Å². The first-order valence-corrected chi connectivity index (χ1v) is 9.67. The van der Waals surface area contributed by atoms with Crippen LogP contribution >= 0.6 is 12.2 Å². The van der Waals surface area contributed by atoms with E-state index in [9.17, 15) is 14.4 Å². The summed E-state index contributed by atoms with van der Waals surface area (Å²) < 4.78 is 5.38. The first kappa shape index (κ1) is 21.6. The Morgan fingerprint density at radius 3 is 2.46 bits per heavy atom. The van der Waals surface area contributed by atoms with Crippen LogP contribution in [0.5, 0.6) is 5.75 Å². The van der Waals surface area contributed by atoms with Gasteiger partial charge in [-0.3, -0.25) is 19.3 Å². The van der Waals surface area contributed by atoms with Crippen LogP contribution in [0.3, 0.4) is 0 Å². The van der Waals surface area contributed by atoms with Crippen molar-refractivity contribution in [3.05, 3.63) is 24.3 Å². The topological polar surface area (TPSA) is 91.0 Å². The Bertz CT molecular complexity index is 738. The fourth-order valence-electron chi connectivity index (χ4n) is 2.98. The van der Waals surface area contributed by atoms with Gasteiger partial charge in [-0.05, 0) is 50.3 Å². The summed E-state index contributed by atoms with van der Waals surface area (Å²) in [5.74, 6) is 0.0816. The highest BCUT2D eigenvalue weighted by Crippen LogP contribution is 2.21. The number of nitrogens with zero attached hydrogens (tertiary/aromatic N) is 2. The molecule has 28 heavy (non-hydrogen) atoms. The SMILES string of the molecule is CCOc1ccc(NC(=O)C[C@H]2C(=O)N(CC)C(=S)N2CCNC(C)=O)cc1. The Morgan fingerprint density at radius 1 is 1.21 bits per heavy atom. The molecule has 1 aromatic rings. The van der Waals surface area contributed by atoms with Gasteiger partial charge in [0.15, 0.2) is 5.11 Å². The van der Waals surface area contributed by atoms with Gasteiger partial charge in [0, 0.05) is 32.2 Å². The third kappa shape index (κ3) is 5.41. The van der Waals surface area contributed by atoms with Gasteiger partial charge in [-0.1, -0.05) is 0 Å². The van der Waals surface area contributed by atoms with Crippen LogP contribution in [-0.4, -0.2) is 64.9 Å². The summed E-state index contributed by atoms with van der Waals surface area (Å²) in [4.78, 5) is 39.5. The maximum absolute atomic E-state index is 12.7. The van der Waals surface area contributed by atoms with E-state index in [2.05, 4.69) is 10.6 Å². The van der Waals surface area contributed by atoms with Gasteiger partial charge in [-0.2, -0.15) is 0 Å². The summed E-state index contributed by atoms with van der Waals surface area (Å²) in [6.45, 7) is 6.87. The second kappa shape index (κ2) is 10.0. The largest absolute Gasteiger partial charge is 0.494 e. The lowest BCUT2D eigenvalue weighted by Gasteiger charge is -2.23. The normalized spacial score (nSPS) is 16.3. The van der Waals surface area contributed by atoms with Gasteiger partial charge in [-0.15, -0.1) is 0 Å². The molecule has 0 aromatic heterocycles. The molecule has 9 heteroatoms. The van der Waals surface area contributed by atoms with E-state index >= 15 is 0 Å². The predicted molar refractivity (Wildman–Crippen MR) is 110 cm³/mol. The van der Waals surface area contributed by atoms with E-state index in [-0.39, 0.29) is 24.1 Å². The smallest absolute Gasteiger partial charge is 0.252 e. The van der Waals surface area contributed by atoms with Gasteiger partial charge >= 0.3 is 0 Å². The van der Waals surface area contributed by atoms with Crippen molar-refractivity contribution in [2.75, 3.05) is 31.6 Å². The lowest BCUT2D eigenvalue weighted by molar-refractivity contribution is -0.130. The number of amides is 3. The Kier molecular flexibility index (Phi) is 7.74. The molecule has 0 bridgehead atoms. The third-order valence-electron chi connectivity index (χ3n) is 4.27. The second-order valence-corrected chi connectivity index (χ2v) is 6.63. The lowest BCUT2D eigenvalue weighted by atomic mass is 10.1. The number of thiocarbonyl (C=S) groups is 1. The highest BCUT2D eigenvalue weighted by atomic mass is 32.1. The molecule has 3 amide bonds. The molecule has 2 rings (SSSR count). The van der Waals surface area contributed by atoms with Crippen LogP contribution in [0.25, 0.3) is 0 Å². The average Bonchev–Trinajstić information content (AvgIpc) is 2.86. The minimum atomic E-state index is -0.677. The summed E-state index contributed by atoms with van der Waals surface area (Å²) in [5.41, 5.74) is 0.624. The molecule has 0 aliphatic carbocycles. The number of likely N-dealkylation sites (N-methyl/N-ethyl adjacent to an activating group) is 1. The molecule has 1 aliphatic rings. The molecular weight excluding hydrogens is 380 g/mol. The third-order valence-corrected chi connectivity index (χ3v) is 4.73. The molecule has 2 N–H and O–H groups in total. The van der Waals surface area contributed by atoms with Crippen LogP contribution in [0, 0.1) is 0 Å². The van der Waals surface area contributed by atoms with Gasteiger partial charge in [0.05, 0.1) is 13.0 Å². The average molecular weight is 407 g/mol. The molecule has 1 aromatic carbocycles. The number of anilines is 1. The van der Waals surface area contributed by atoms with Crippen LogP contribution in [0.15, 0.2) is 24.3 Å². The molecule has 152 valence electrons. The number of ether oxygens (including phenoxy) is 1. The maximum Gasteiger partial charge on any atom is 0.252 e. The zero-order valence-corrected chi connectivity index (χ0v) is 17.2. The van der Waals surface area contributed by atoms with Crippen molar-refractivity contribution in [3.8, 4) is 5.75 Å². The quantitative estimate of drug-likeness (QED) is 0.602. The van der Waals surface area contributed by atoms with Crippen LogP contribution in [0.2, 0.25) is 0 Å². The van der Waals surface area contributed by atoms with Crippen molar-refractivity contribution in [1.29, 1.82) is 0 Å². The van der Waals surface area contributed by atoms with Crippen molar-refractivity contribution in [3.63, 3.8) is 0 Å². The van der Waals surface area contributed by atoms with E-state index in [4.69, 9.17) is 17.0 Å². The summed E-state index contributed by atoms with van der Waals surface area (Å²) in [7, 11) is 0. The Labute approximate surface area is 170 Å². The van der Waals surface area contributed by atoms with Crippen LogP contribution in [-0.2, 0) is 14.4 Å². The Balaban J connectivity index is 2.02. The molecular formula is C19H26N4O4S. The van der Waals surface area contributed by atoms with Gasteiger partial charge < -0.3 is 20.3 Å². The summed E-state index contributed by atoms with van der Waals surface area (Å²) >= 11 is 5.39. The van der Waals surface area contributed by atoms with Gasteiger partial charge in [0.1, 0.15) is 11.8 Å². The van der Waals surface area contributed by atoms with Crippen molar-refractivity contribution in [2.45, 2.75) is 33.2 Å². The van der Waals surface area contributed by atoms with Crippen LogP contribution in [0.4, 0.5) is 5.69 Å². The second-order valence-electron chi connectivity index (χ2n) is 6.27. The predicted octanol–water partition coefficient (Wildman–Crippen LogP) is 1.37. The van der Waals surface area contributed by atoms with Crippen molar-refractivity contribution in [1.82, 2.24) is 15.1 Å². The number of hydrogen-bond acceptors (Lipinski definition) is 5. The fraction of sp³-hybridized carbons (Fsp3) is 0.474. The molecule has 0 unspecified atom stereocenters. The first-order valence-electron chi connectivity index (χ1n) is 9.26. The standard InChI is InChI=1S/C19H26N4O4S/c1-4-22-18(26)16(23(19(22)28)11-10-20-13(3)24)12-17(25)21-14-6-8-15(9-7-14)27-5-2/h6-9,16H,4-5,10-12H2,1-3H3,(H,20,24)(H,21,25)/t16-/m0/s1. The molecule has 0 spiro atoms. The number of hydrogen-bond donors (Lipinski definition) is 2. The molecule has 1 aliphatic heterocycles. The van der Waals surface area contributed by atoms with Crippen molar-refractivity contribution >= 4 is 40.7 Å². The van der Waals surface area contributed by atoms with Gasteiger partial charge in [0.2, 0.25) is 11.8 Å². The molecule has 0 saturated carbocycles. The molecule has 1 atom stereocenters. The molecule has 1 heterocycles. The molecule has 8 nitrogen and oxygen atoms in total. The minimum Gasteiger partial charge on any atom is -0.494 e. The lowest BCUT2D eigenvalue weighted by Crippen LogP contribution is -2.42. The molecule has 1 saturated heterocycles. The monoisotopic (exact) mass is 406 g/mol. The van der Waals surface area contributed by atoms with E-state index in [1.54, 1.807) is 29.2 Å². The molecule has 0 radical (unpaired) electrons. The summed E-state index contributed by atoms with van der Waals surface area (Å²) in [6, 6.07) is 6.36. The van der Waals surface area contributed by atoms with E-state index in [1.807, 2.05) is 13.8 Å². The van der Waals surface area contributed by atoms with E-state index in [1.165, 1.54) is 11.8 Å². The maximum atomic E-state index is 12.7. The number of nitrogens with one attached hydrogen (secondary N) is 2. The molecule has 1 fully saturated rings. The van der Waals surface area contributed by atoms with Crippen LogP contribution in [0.1, 0.15) is 27.2 Å². The zero-order chi connectivity index (χ0) is 20.7. The number of carbonyl (C=O) groups is 3. The van der Waals surface area contributed by atoms with Crippen LogP contribution < -0.4 is 15.4 Å². The van der Waals surface area contributed by atoms with E-state index in [0.717, 1.165) is 5.75 Å². The Morgan fingerprint density at radius 2 is 1.89 bits per heavy atom. The van der Waals surface area contributed by atoms with Gasteiger partial charge in [0.25, 0.3) is 5.91 Å².